The largest absolute Gasteiger partial charge is 0.465 e. The van der Waals surface area contributed by atoms with Gasteiger partial charge in [-0.1, -0.05) is 11.8 Å². The monoisotopic (exact) mass is 487 g/mol. The summed E-state index contributed by atoms with van der Waals surface area (Å²) in [6.07, 6.45) is 4.14. The Labute approximate surface area is 199 Å². The maximum absolute atomic E-state index is 13.4. The molecule has 2 aromatic heterocycles. The van der Waals surface area contributed by atoms with Crippen molar-refractivity contribution in [1.82, 2.24) is 9.55 Å². The molecule has 1 N–H and O–H groups in total. The fourth-order valence-electron chi connectivity index (χ4n) is 3.84. The SMILES string of the molecule is COCCn1c(SCC(=O)Nc2ccc(C(=O)OC)cc2)nc2sc3c(c2c1=O)CCCC3. The number of nitrogens with one attached hydrogen (secondary N) is 1. The number of hydrogen-bond acceptors (Lipinski definition) is 8. The van der Waals surface area contributed by atoms with E-state index in [0.29, 0.717) is 29.6 Å². The van der Waals surface area contributed by atoms with E-state index in [9.17, 15) is 14.4 Å². The summed E-state index contributed by atoms with van der Waals surface area (Å²) in [4.78, 5) is 44.2. The molecule has 0 spiro atoms. The van der Waals surface area contributed by atoms with E-state index in [1.165, 1.54) is 23.7 Å². The predicted molar refractivity (Wildman–Crippen MR) is 130 cm³/mol. The second kappa shape index (κ2) is 10.5. The molecule has 0 saturated heterocycles. The quantitative estimate of drug-likeness (QED) is 0.295. The Morgan fingerprint density at radius 3 is 2.67 bits per heavy atom. The van der Waals surface area contributed by atoms with Crippen LogP contribution < -0.4 is 10.9 Å². The number of aromatic nitrogens is 2. The molecule has 0 unspecified atom stereocenters. The molecule has 0 fully saturated rings. The van der Waals surface area contributed by atoms with Crippen LogP contribution in [-0.2, 0) is 33.7 Å². The van der Waals surface area contributed by atoms with E-state index < -0.39 is 5.97 Å². The lowest BCUT2D eigenvalue weighted by molar-refractivity contribution is -0.113. The number of aryl methyl sites for hydroxylation is 2. The first-order valence-corrected chi connectivity index (χ1v) is 12.5. The van der Waals surface area contributed by atoms with Crippen molar-refractivity contribution in [2.75, 3.05) is 31.9 Å². The number of thioether (sulfide) groups is 1. The van der Waals surface area contributed by atoms with E-state index in [4.69, 9.17) is 9.72 Å². The molecule has 0 aliphatic heterocycles. The minimum absolute atomic E-state index is 0.0576. The van der Waals surface area contributed by atoms with Gasteiger partial charge in [-0.15, -0.1) is 11.3 Å². The first kappa shape index (κ1) is 23.5. The molecule has 1 aliphatic rings. The van der Waals surface area contributed by atoms with Crippen molar-refractivity contribution in [2.24, 2.45) is 0 Å². The Morgan fingerprint density at radius 2 is 1.94 bits per heavy atom. The van der Waals surface area contributed by atoms with Gasteiger partial charge in [0.15, 0.2) is 5.16 Å². The number of rotatable bonds is 8. The van der Waals surface area contributed by atoms with Crippen molar-refractivity contribution in [1.29, 1.82) is 0 Å². The van der Waals surface area contributed by atoms with Crippen molar-refractivity contribution in [3.05, 3.63) is 50.6 Å². The normalized spacial score (nSPS) is 13.0. The molecule has 0 bridgehead atoms. The topological polar surface area (TPSA) is 99.5 Å². The summed E-state index contributed by atoms with van der Waals surface area (Å²) in [5, 5.41) is 4.04. The van der Waals surface area contributed by atoms with Crippen molar-refractivity contribution in [3.63, 3.8) is 0 Å². The van der Waals surface area contributed by atoms with E-state index in [1.807, 2.05) is 0 Å². The summed E-state index contributed by atoms with van der Waals surface area (Å²) in [6, 6.07) is 6.46. The Bertz CT molecular complexity index is 1230. The third-order valence-electron chi connectivity index (χ3n) is 5.48. The van der Waals surface area contributed by atoms with Gasteiger partial charge >= 0.3 is 5.97 Å². The molecule has 8 nitrogen and oxygen atoms in total. The number of carbonyl (C=O) groups excluding carboxylic acids is 2. The third kappa shape index (κ3) is 5.13. The summed E-state index contributed by atoms with van der Waals surface area (Å²) >= 11 is 2.82. The van der Waals surface area contributed by atoms with E-state index >= 15 is 0 Å². The van der Waals surface area contributed by atoms with Crippen LogP contribution in [0.15, 0.2) is 34.2 Å². The lowest BCUT2D eigenvalue weighted by atomic mass is 9.97. The molecule has 174 valence electrons. The number of amides is 1. The molecule has 4 rings (SSSR count). The molecule has 2 heterocycles. The molecule has 1 aromatic carbocycles. The second-order valence-electron chi connectivity index (χ2n) is 7.64. The van der Waals surface area contributed by atoms with Gasteiger partial charge in [0.25, 0.3) is 5.56 Å². The number of fused-ring (bicyclic) bond motifs is 3. The van der Waals surface area contributed by atoms with Crippen LogP contribution in [0.3, 0.4) is 0 Å². The van der Waals surface area contributed by atoms with Gasteiger partial charge in [-0.2, -0.15) is 0 Å². The number of methoxy groups -OCH3 is 2. The second-order valence-corrected chi connectivity index (χ2v) is 9.67. The molecule has 10 heteroatoms. The Hall–Kier alpha value is -2.69. The smallest absolute Gasteiger partial charge is 0.337 e. The Morgan fingerprint density at radius 1 is 1.18 bits per heavy atom. The molecule has 0 radical (unpaired) electrons. The lowest BCUT2D eigenvalue weighted by Crippen LogP contribution is -2.26. The summed E-state index contributed by atoms with van der Waals surface area (Å²) in [6.45, 7) is 0.757. The molecule has 33 heavy (non-hydrogen) atoms. The Balaban J connectivity index is 1.53. The van der Waals surface area contributed by atoms with Gasteiger partial charge in [0, 0.05) is 17.7 Å². The van der Waals surface area contributed by atoms with Gasteiger partial charge in [-0.25, -0.2) is 9.78 Å². The van der Waals surface area contributed by atoms with Crippen molar-refractivity contribution >= 4 is 50.9 Å². The lowest BCUT2D eigenvalue weighted by Gasteiger charge is -2.13. The van der Waals surface area contributed by atoms with E-state index in [-0.39, 0.29) is 17.2 Å². The first-order chi connectivity index (χ1) is 16.0. The van der Waals surface area contributed by atoms with E-state index in [2.05, 4.69) is 10.1 Å². The van der Waals surface area contributed by atoms with Crippen LogP contribution in [0.5, 0.6) is 0 Å². The van der Waals surface area contributed by atoms with Crippen LogP contribution in [-0.4, -0.2) is 48.0 Å². The van der Waals surface area contributed by atoms with Crippen LogP contribution in [0.1, 0.15) is 33.6 Å². The zero-order valence-corrected chi connectivity index (χ0v) is 20.1. The number of esters is 1. The van der Waals surface area contributed by atoms with Crippen LogP contribution in [0.25, 0.3) is 10.2 Å². The maximum atomic E-state index is 13.4. The standard InChI is InChI=1S/C23H25N3O5S2/c1-30-12-11-26-21(28)19-16-5-3-4-6-17(16)33-20(19)25-23(26)32-13-18(27)24-15-9-7-14(8-10-15)22(29)31-2/h7-10H,3-6,11-13H2,1-2H3,(H,24,27). The molecule has 0 atom stereocenters. The van der Waals surface area contributed by atoms with Crippen molar-refractivity contribution < 1.29 is 19.1 Å². The van der Waals surface area contributed by atoms with E-state index in [1.54, 1.807) is 47.3 Å². The molecular weight excluding hydrogens is 462 g/mol. The maximum Gasteiger partial charge on any atom is 0.337 e. The fraction of sp³-hybridized carbons (Fsp3) is 0.391. The van der Waals surface area contributed by atoms with Gasteiger partial charge in [0.1, 0.15) is 4.83 Å². The zero-order valence-electron chi connectivity index (χ0n) is 18.5. The van der Waals surface area contributed by atoms with Crippen LogP contribution in [0.2, 0.25) is 0 Å². The fourth-order valence-corrected chi connectivity index (χ4v) is 5.97. The van der Waals surface area contributed by atoms with Gasteiger partial charge in [0.2, 0.25) is 5.91 Å². The number of benzene rings is 1. The van der Waals surface area contributed by atoms with Gasteiger partial charge in [-0.05, 0) is 55.5 Å². The highest BCUT2D eigenvalue weighted by Gasteiger charge is 2.22. The number of thiophene rings is 1. The van der Waals surface area contributed by atoms with Gasteiger partial charge in [0.05, 0.1) is 37.0 Å². The predicted octanol–water partition coefficient (Wildman–Crippen LogP) is 3.50. The van der Waals surface area contributed by atoms with E-state index in [0.717, 1.165) is 41.5 Å². The average Bonchev–Trinajstić information content (AvgIpc) is 3.21. The molecule has 1 amide bonds. The molecule has 0 saturated carbocycles. The number of nitrogens with zero attached hydrogens (tertiary/aromatic N) is 2. The number of ether oxygens (including phenoxy) is 2. The minimum Gasteiger partial charge on any atom is -0.465 e. The highest BCUT2D eigenvalue weighted by atomic mass is 32.2. The third-order valence-corrected chi connectivity index (χ3v) is 7.64. The average molecular weight is 488 g/mol. The highest BCUT2D eigenvalue weighted by molar-refractivity contribution is 7.99. The van der Waals surface area contributed by atoms with Gasteiger partial charge < -0.3 is 14.8 Å². The minimum atomic E-state index is -0.436. The number of carbonyl (C=O) groups is 2. The van der Waals surface area contributed by atoms with Crippen molar-refractivity contribution in [3.8, 4) is 0 Å². The Kier molecular flexibility index (Phi) is 7.46. The van der Waals surface area contributed by atoms with Crippen molar-refractivity contribution in [2.45, 2.75) is 37.4 Å². The summed E-state index contributed by atoms with van der Waals surface area (Å²) in [5.41, 5.74) is 2.06. The summed E-state index contributed by atoms with van der Waals surface area (Å²) in [5.74, 6) is -0.576. The first-order valence-electron chi connectivity index (χ1n) is 10.7. The zero-order chi connectivity index (χ0) is 23.4. The van der Waals surface area contributed by atoms with Crippen LogP contribution in [0, 0.1) is 0 Å². The highest BCUT2D eigenvalue weighted by Crippen LogP contribution is 2.34. The molecule has 3 aromatic rings. The number of anilines is 1. The number of hydrogen-bond donors (Lipinski definition) is 1. The molecular formula is C23H25N3O5S2. The van der Waals surface area contributed by atoms with Crippen LogP contribution in [0.4, 0.5) is 5.69 Å². The summed E-state index contributed by atoms with van der Waals surface area (Å²) < 4.78 is 11.5. The van der Waals surface area contributed by atoms with Gasteiger partial charge in [-0.3, -0.25) is 14.2 Å². The summed E-state index contributed by atoms with van der Waals surface area (Å²) in [7, 11) is 2.91. The van der Waals surface area contributed by atoms with Crippen LogP contribution >= 0.6 is 23.1 Å². The molecule has 1 aliphatic carbocycles.